The van der Waals surface area contributed by atoms with Gasteiger partial charge in [-0.3, -0.25) is 0 Å². The Labute approximate surface area is 117 Å². The van der Waals surface area contributed by atoms with Crippen LogP contribution in [0.15, 0.2) is 42.5 Å². The fourth-order valence-corrected chi connectivity index (χ4v) is 2.02. The monoisotopic (exact) mass is 272 g/mol. The van der Waals surface area contributed by atoms with Crippen molar-refractivity contribution in [2.45, 2.75) is 0 Å². The fourth-order valence-electron chi connectivity index (χ4n) is 2.02. The Morgan fingerprint density at radius 1 is 0.900 bits per heavy atom. The van der Waals surface area contributed by atoms with E-state index in [0.717, 1.165) is 16.9 Å². The summed E-state index contributed by atoms with van der Waals surface area (Å²) in [5.41, 5.74) is 2.08. The summed E-state index contributed by atoms with van der Waals surface area (Å²) in [7, 11) is 4.49. The minimum atomic E-state index is -0.423. The first-order chi connectivity index (χ1) is 9.71. The average molecular weight is 272 g/mol. The highest BCUT2D eigenvalue weighted by Crippen LogP contribution is 2.32. The third kappa shape index (κ3) is 2.59. The van der Waals surface area contributed by atoms with E-state index < -0.39 is 5.97 Å². The van der Waals surface area contributed by atoms with Crippen LogP contribution in [0.5, 0.6) is 11.5 Å². The van der Waals surface area contributed by atoms with Crippen LogP contribution in [0.3, 0.4) is 0 Å². The van der Waals surface area contributed by atoms with E-state index in [2.05, 4.69) is 0 Å². The molecule has 0 heterocycles. The van der Waals surface area contributed by atoms with Gasteiger partial charge in [0.15, 0.2) is 0 Å². The molecule has 0 aromatic heterocycles. The topological polar surface area (TPSA) is 44.8 Å². The van der Waals surface area contributed by atoms with Crippen LogP contribution in [0.4, 0.5) is 0 Å². The minimum absolute atomic E-state index is 0.419. The molecule has 2 aromatic carbocycles. The van der Waals surface area contributed by atoms with Crippen LogP contribution in [0.25, 0.3) is 11.1 Å². The largest absolute Gasteiger partial charge is 0.497 e. The van der Waals surface area contributed by atoms with Crippen molar-refractivity contribution in [3.05, 3.63) is 48.0 Å². The maximum absolute atomic E-state index is 12.0. The van der Waals surface area contributed by atoms with E-state index in [1.54, 1.807) is 13.2 Å². The second-order valence-corrected chi connectivity index (χ2v) is 4.10. The molecular weight excluding hydrogens is 256 g/mol. The van der Waals surface area contributed by atoms with Gasteiger partial charge in [-0.1, -0.05) is 24.3 Å². The number of ether oxygens (including phenoxy) is 3. The molecule has 0 unspecified atom stereocenters. The maximum Gasteiger partial charge on any atom is 0.342 e. The molecule has 2 rings (SSSR count). The van der Waals surface area contributed by atoms with Crippen LogP contribution < -0.4 is 9.47 Å². The minimum Gasteiger partial charge on any atom is -0.497 e. The number of carbonyl (C=O) groups is 1. The number of hydrogen-bond acceptors (Lipinski definition) is 4. The Hall–Kier alpha value is -2.49. The van der Waals surface area contributed by atoms with Gasteiger partial charge in [-0.15, -0.1) is 0 Å². The van der Waals surface area contributed by atoms with Crippen molar-refractivity contribution in [2.24, 2.45) is 0 Å². The second kappa shape index (κ2) is 6.10. The second-order valence-electron chi connectivity index (χ2n) is 4.10. The lowest BCUT2D eigenvalue weighted by atomic mass is 9.99. The van der Waals surface area contributed by atoms with E-state index in [1.807, 2.05) is 36.4 Å². The number of hydrogen-bond donors (Lipinski definition) is 0. The van der Waals surface area contributed by atoms with Gasteiger partial charge in [-0.2, -0.15) is 0 Å². The highest BCUT2D eigenvalue weighted by atomic mass is 16.5. The molecule has 0 spiro atoms. The zero-order valence-electron chi connectivity index (χ0n) is 11.7. The van der Waals surface area contributed by atoms with Crippen molar-refractivity contribution >= 4 is 5.97 Å². The first-order valence-corrected chi connectivity index (χ1v) is 6.11. The van der Waals surface area contributed by atoms with Crippen LogP contribution in [0.1, 0.15) is 10.4 Å². The van der Waals surface area contributed by atoms with E-state index in [4.69, 9.17) is 14.2 Å². The van der Waals surface area contributed by atoms with Gasteiger partial charge in [-0.05, 0) is 29.3 Å². The van der Waals surface area contributed by atoms with Crippen LogP contribution in [-0.4, -0.2) is 27.3 Å². The van der Waals surface area contributed by atoms with E-state index >= 15 is 0 Å². The van der Waals surface area contributed by atoms with Gasteiger partial charge in [-0.25, -0.2) is 4.79 Å². The van der Waals surface area contributed by atoms with Crippen LogP contribution in [-0.2, 0) is 4.74 Å². The van der Waals surface area contributed by atoms with Crippen molar-refractivity contribution in [1.82, 2.24) is 0 Å². The fraction of sp³-hybridized carbons (Fsp3) is 0.188. The first-order valence-electron chi connectivity index (χ1n) is 6.11. The molecule has 0 aliphatic rings. The molecule has 20 heavy (non-hydrogen) atoms. The summed E-state index contributed by atoms with van der Waals surface area (Å²) in [6.07, 6.45) is 0. The Morgan fingerprint density at radius 3 is 2.15 bits per heavy atom. The van der Waals surface area contributed by atoms with Crippen molar-refractivity contribution in [3.8, 4) is 22.6 Å². The van der Waals surface area contributed by atoms with Gasteiger partial charge in [0.05, 0.1) is 21.3 Å². The first kappa shape index (κ1) is 13.9. The zero-order valence-corrected chi connectivity index (χ0v) is 11.7. The summed E-state index contributed by atoms with van der Waals surface area (Å²) in [5, 5.41) is 0. The van der Waals surface area contributed by atoms with Crippen LogP contribution in [0.2, 0.25) is 0 Å². The Kier molecular flexibility index (Phi) is 4.25. The zero-order chi connectivity index (χ0) is 14.5. The molecule has 0 amide bonds. The number of esters is 1. The predicted molar refractivity (Wildman–Crippen MR) is 76.3 cm³/mol. The van der Waals surface area contributed by atoms with Crippen molar-refractivity contribution in [3.63, 3.8) is 0 Å². The Morgan fingerprint density at radius 2 is 1.60 bits per heavy atom. The van der Waals surface area contributed by atoms with Crippen molar-refractivity contribution in [2.75, 3.05) is 21.3 Å². The van der Waals surface area contributed by atoms with Gasteiger partial charge >= 0.3 is 5.97 Å². The van der Waals surface area contributed by atoms with E-state index in [9.17, 15) is 4.79 Å². The molecule has 0 saturated carbocycles. The van der Waals surface area contributed by atoms with E-state index in [0.29, 0.717) is 11.3 Å². The van der Waals surface area contributed by atoms with Gasteiger partial charge in [0.2, 0.25) is 0 Å². The summed E-state index contributed by atoms with van der Waals surface area (Å²) in [6.45, 7) is 0. The standard InChI is InChI=1S/C16H16O4/c1-18-12-9-7-11(8-10-12)13-5-4-6-14(19-2)15(13)16(17)20-3/h4-10H,1-3H3. The quantitative estimate of drug-likeness (QED) is 0.802. The molecule has 2 aromatic rings. The lowest BCUT2D eigenvalue weighted by Crippen LogP contribution is -2.06. The number of carbonyl (C=O) groups excluding carboxylic acids is 1. The predicted octanol–water partition coefficient (Wildman–Crippen LogP) is 3.16. The van der Waals surface area contributed by atoms with Gasteiger partial charge < -0.3 is 14.2 Å². The third-order valence-corrected chi connectivity index (χ3v) is 3.04. The Bertz CT molecular complexity index is 602. The lowest BCUT2D eigenvalue weighted by Gasteiger charge is -2.12. The number of rotatable bonds is 4. The molecule has 0 fully saturated rings. The molecular formula is C16H16O4. The van der Waals surface area contributed by atoms with Crippen LogP contribution in [0, 0.1) is 0 Å². The normalized spacial score (nSPS) is 9.95. The van der Waals surface area contributed by atoms with E-state index in [1.165, 1.54) is 14.2 Å². The molecule has 0 aliphatic carbocycles. The van der Waals surface area contributed by atoms with Gasteiger partial charge in [0.1, 0.15) is 17.1 Å². The molecule has 0 radical (unpaired) electrons. The molecule has 4 heteroatoms. The number of benzene rings is 2. The molecule has 0 aliphatic heterocycles. The average Bonchev–Trinajstić information content (AvgIpc) is 2.53. The summed E-state index contributed by atoms with van der Waals surface area (Å²) in [6, 6.07) is 12.9. The Balaban J connectivity index is 2.57. The lowest BCUT2D eigenvalue weighted by molar-refractivity contribution is 0.0598. The summed E-state index contributed by atoms with van der Waals surface area (Å²) in [4.78, 5) is 12.0. The van der Waals surface area contributed by atoms with Crippen molar-refractivity contribution < 1.29 is 19.0 Å². The highest BCUT2D eigenvalue weighted by Gasteiger charge is 2.18. The smallest absolute Gasteiger partial charge is 0.342 e. The summed E-state index contributed by atoms with van der Waals surface area (Å²) in [5.74, 6) is 0.828. The third-order valence-electron chi connectivity index (χ3n) is 3.04. The van der Waals surface area contributed by atoms with E-state index in [-0.39, 0.29) is 0 Å². The molecule has 0 bridgehead atoms. The molecule has 4 nitrogen and oxygen atoms in total. The summed E-state index contributed by atoms with van der Waals surface area (Å²) < 4.78 is 15.2. The van der Waals surface area contributed by atoms with Crippen LogP contribution >= 0.6 is 0 Å². The van der Waals surface area contributed by atoms with Gasteiger partial charge in [0.25, 0.3) is 0 Å². The van der Waals surface area contributed by atoms with Crippen molar-refractivity contribution in [1.29, 1.82) is 0 Å². The van der Waals surface area contributed by atoms with Gasteiger partial charge in [0, 0.05) is 0 Å². The molecule has 0 atom stereocenters. The highest BCUT2D eigenvalue weighted by molar-refractivity contribution is 6.00. The summed E-state index contributed by atoms with van der Waals surface area (Å²) >= 11 is 0. The maximum atomic E-state index is 12.0. The molecule has 0 saturated heterocycles. The molecule has 0 N–H and O–H groups in total. The number of methoxy groups -OCH3 is 3. The molecule has 104 valence electrons. The SMILES string of the molecule is COC(=O)c1c(OC)cccc1-c1ccc(OC)cc1.